The molecule has 1 amide bonds. The van der Waals surface area contributed by atoms with E-state index in [9.17, 15) is 4.79 Å². The van der Waals surface area contributed by atoms with Gasteiger partial charge in [0.25, 0.3) is 5.91 Å². The summed E-state index contributed by atoms with van der Waals surface area (Å²) in [4.78, 5) is 14.3. The first kappa shape index (κ1) is 17.2. The number of nitrogens with zero attached hydrogens (tertiary/aromatic N) is 1. The van der Waals surface area contributed by atoms with Crippen LogP contribution in [-0.4, -0.2) is 38.0 Å². The number of benzene rings is 2. The van der Waals surface area contributed by atoms with Crippen molar-refractivity contribution < 1.29 is 4.79 Å². The molecule has 2 rings (SSSR count). The molecule has 0 saturated carbocycles. The molecule has 3 heteroatoms. The Kier molecular flexibility index (Phi) is 5.94. The van der Waals surface area contributed by atoms with Crippen LogP contribution < -0.4 is 5.32 Å². The fourth-order valence-electron chi connectivity index (χ4n) is 2.41. The van der Waals surface area contributed by atoms with Crippen molar-refractivity contribution in [2.45, 2.75) is 19.8 Å². The molecule has 0 aliphatic rings. The average molecular weight is 310 g/mol. The van der Waals surface area contributed by atoms with Crippen molar-refractivity contribution in [2.75, 3.05) is 27.2 Å². The molecule has 0 fully saturated rings. The number of hydrogen-bond donors (Lipinski definition) is 1. The van der Waals surface area contributed by atoms with Crippen LogP contribution >= 0.6 is 0 Å². The average Bonchev–Trinajstić information content (AvgIpc) is 2.54. The highest BCUT2D eigenvalue weighted by atomic mass is 16.1. The second-order valence-corrected chi connectivity index (χ2v) is 6.42. The first-order valence-electron chi connectivity index (χ1n) is 8.10. The van der Waals surface area contributed by atoms with Crippen molar-refractivity contribution in [3.63, 3.8) is 0 Å². The third-order valence-electron chi connectivity index (χ3n) is 3.86. The summed E-state index contributed by atoms with van der Waals surface area (Å²) in [6, 6.07) is 16.3. The summed E-state index contributed by atoms with van der Waals surface area (Å²) in [5.41, 5.74) is 4.24. The first-order valence-corrected chi connectivity index (χ1v) is 8.10. The van der Waals surface area contributed by atoms with E-state index in [-0.39, 0.29) is 5.91 Å². The molecule has 0 aliphatic heterocycles. The lowest BCUT2D eigenvalue weighted by Crippen LogP contribution is -2.31. The van der Waals surface area contributed by atoms with Crippen molar-refractivity contribution in [2.24, 2.45) is 0 Å². The van der Waals surface area contributed by atoms with Gasteiger partial charge in [-0.2, -0.15) is 0 Å². The van der Waals surface area contributed by atoms with Gasteiger partial charge in [0.2, 0.25) is 0 Å². The predicted molar refractivity (Wildman–Crippen MR) is 96.9 cm³/mol. The van der Waals surface area contributed by atoms with Gasteiger partial charge in [-0.1, -0.05) is 50.2 Å². The SMILES string of the molecule is CC(C)c1cccc(-c2cccc(C(=O)NCCN(C)C)c2)c1. The van der Waals surface area contributed by atoms with E-state index in [1.165, 1.54) is 5.56 Å². The van der Waals surface area contributed by atoms with Crippen molar-refractivity contribution in [3.8, 4) is 11.1 Å². The largest absolute Gasteiger partial charge is 0.351 e. The van der Waals surface area contributed by atoms with Crippen LogP contribution in [0, 0.1) is 0 Å². The molecule has 0 spiro atoms. The summed E-state index contributed by atoms with van der Waals surface area (Å²) in [5, 5.41) is 2.96. The van der Waals surface area contributed by atoms with E-state index in [1.54, 1.807) is 0 Å². The maximum atomic E-state index is 12.3. The zero-order valence-electron chi connectivity index (χ0n) is 14.5. The normalized spacial score (nSPS) is 11.0. The highest BCUT2D eigenvalue weighted by Gasteiger charge is 2.08. The summed E-state index contributed by atoms with van der Waals surface area (Å²) in [6.07, 6.45) is 0. The third-order valence-corrected chi connectivity index (χ3v) is 3.86. The van der Waals surface area contributed by atoms with Crippen LogP contribution in [0.4, 0.5) is 0 Å². The monoisotopic (exact) mass is 310 g/mol. The standard InChI is InChI=1S/C20H26N2O/c1-15(2)16-7-5-8-17(13-16)18-9-6-10-19(14-18)20(23)21-11-12-22(3)4/h5-10,13-15H,11-12H2,1-4H3,(H,21,23). The maximum absolute atomic E-state index is 12.3. The maximum Gasteiger partial charge on any atom is 0.251 e. The Morgan fingerprint density at radius 1 is 1.04 bits per heavy atom. The Labute approximate surface area is 139 Å². The summed E-state index contributed by atoms with van der Waals surface area (Å²) in [5.74, 6) is 0.473. The summed E-state index contributed by atoms with van der Waals surface area (Å²) in [6.45, 7) is 5.86. The molecule has 122 valence electrons. The Hall–Kier alpha value is -2.13. The molecule has 0 aromatic heterocycles. The molecule has 0 aliphatic carbocycles. The second-order valence-electron chi connectivity index (χ2n) is 6.42. The Balaban J connectivity index is 2.16. The van der Waals surface area contributed by atoms with E-state index in [1.807, 2.05) is 37.2 Å². The lowest BCUT2D eigenvalue weighted by molar-refractivity contribution is 0.0951. The third kappa shape index (κ3) is 4.93. The molecule has 0 radical (unpaired) electrons. The summed E-state index contributed by atoms with van der Waals surface area (Å²) in [7, 11) is 3.99. The molecule has 0 bridgehead atoms. The molecular weight excluding hydrogens is 284 g/mol. The highest BCUT2D eigenvalue weighted by molar-refractivity contribution is 5.95. The van der Waals surface area contributed by atoms with E-state index in [2.05, 4.69) is 49.5 Å². The van der Waals surface area contributed by atoms with E-state index < -0.39 is 0 Å². The molecule has 1 N–H and O–H groups in total. The zero-order chi connectivity index (χ0) is 16.8. The number of nitrogens with one attached hydrogen (secondary N) is 1. The number of amides is 1. The van der Waals surface area contributed by atoms with Crippen LogP contribution in [0.3, 0.4) is 0 Å². The molecule has 0 saturated heterocycles. The van der Waals surface area contributed by atoms with E-state index in [0.29, 0.717) is 18.0 Å². The van der Waals surface area contributed by atoms with Gasteiger partial charge in [-0.25, -0.2) is 0 Å². The van der Waals surface area contributed by atoms with Gasteiger partial charge in [0.1, 0.15) is 0 Å². The van der Waals surface area contributed by atoms with Crippen LogP contribution in [0.15, 0.2) is 48.5 Å². The zero-order valence-corrected chi connectivity index (χ0v) is 14.5. The predicted octanol–water partition coefficient (Wildman–Crippen LogP) is 3.77. The van der Waals surface area contributed by atoms with Gasteiger partial charge in [-0.15, -0.1) is 0 Å². The molecule has 2 aromatic carbocycles. The van der Waals surface area contributed by atoms with Crippen molar-refractivity contribution >= 4 is 5.91 Å². The van der Waals surface area contributed by atoms with Crippen LogP contribution in [0.1, 0.15) is 35.7 Å². The lowest BCUT2D eigenvalue weighted by atomic mass is 9.96. The number of carbonyl (C=O) groups is 1. The van der Waals surface area contributed by atoms with Gasteiger partial charge >= 0.3 is 0 Å². The van der Waals surface area contributed by atoms with Gasteiger partial charge in [-0.3, -0.25) is 4.79 Å². The van der Waals surface area contributed by atoms with Crippen molar-refractivity contribution in [1.29, 1.82) is 0 Å². The number of likely N-dealkylation sites (N-methyl/N-ethyl adjacent to an activating group) is 1. The fraction of sp³-hybridized carbons (Fsp3) is 0.350. The summed E-state index contributed by atoms with van der Waals surface area (Å²) < 4.78 is 0. The molecular formula is C20H26N2O. The Morgan fingerprint density at radius 3 is 2.35 bits per heavy atom. The van der Waals surface area contributed by atoms with E-state index in [4.69, 9.17) is 0 Å². The van der Waals surface area contributed by atoms with Crippen molar-refractivity contribution in [3.05, 3.63) is 59.7 Å². The lowest BCUT2D eigenvalue weighted by Gasteiger charge is -2.12. The summed E-state index contributed by atoms with van der Waals surface area (Å²) >= 11 is 0. The minimum atomic E-state index is -0.0197. The fourth-order valence-corrected chi connectivity index (χ4v) is 2.41. The van der Waals surface area contributed by atoms with Gasteiger partial charge in [0.05, 0.1) is 0 Å². The second kappa shape index (κ2) is 7.93. The first-order chi connectivity index (χ1) is 11.0. The van der Waals surface area contributed by atoms with Crippen LogP contribution in [0.2, 0.25) is 0 Å². The highest BCUT2D eigenvalue weighted by Crippen LogP contribution is 2.24. The van der Waals surface area contributed by atoms with Gasteiger partial charge < -0.3 is 10.2 Å². The van der Waals surface area contributed by atoms with Crippen molar-refractivity contribution in [1.82, 2.24) is 10.2 Å². The minimum Gasteiger partial charge on any atom is -0.351 e. The van der Waals surface area contributed by atoms with Gasteiger partial charge in [0.15, 0.2) is 0 Å². The molecule has 0 atom stereocenters. The van der Waals surface area contributed by atoms with E-state index >= 15 is 0 Å². The smallest absolute Gasteiger partial charge is 0.251 e. The van der Waals surface area contributed by atoms with E-state index in [0.717, 1.165) is 17.7 Å². The molecule has 2 aromatic rings. The topological polar surface area (TPSA) is 32.3 Å². The Morgan fingerprint density at radius 2 is 1.70 bits per heavy atom. The van der Waals surface area contributed by atoms with Crippen LogP contribution in [0.25, 0.3) is 11.1 Å². The van der Waals surface area contributed by atoms with Crippen LogP contribution in [0.5, 0.6) is 0 Å². The molecule has 3 nitrogen and oxygen atoms in total. The van der Waals surface area contributed by atoms with Gasteiger partial charge in [0, 0.05) is 18.7 Å². The minimum absolute atomic E-state index is 0.0197. The Bertz CT molecular complexity index is 662. The molecule has 0 unspecified atom stereocenters. The quantitative estimate of drug-likeness (QED) is 0.881. The van der Waals surface area contributed by atoms with Gasteiger partial charge in [-0.05, 0) is 48.8 Å². The number of rotatable bonds is 6. The van der Waals surface area contributed by atoms with Crippen LogP contribution in [-0.2, 0) is 0 Å². The molecule has 0 heterocycles. The number of carbonyl (C=O) groups excluding carboxylic acids is 1. The molecule has 23 heavy (non-hydrogen) atoms. The number of hydrogen-bond acceptors (Lipinski definition) is 2.